The maximum atomic E-state index is 12.4. The number of ether oxygens (including phenoxy) is 1. The largest absolute Gasteiger partial charge is 0.495 e. The van der Waals surface area contributed by atoms with E-state index in [1.807, 2.05) is 4.83 Å². The van der Waals surface area contributed by atoms with Crippen LogP contribution in [0, 0.1) is 0 Å². The van der Waals surface area contributed by atoms with E-state index in [9.17, 15) is 18.0 Å². The van der Waals surface area contributed by atoms with Crippen LogP contribution < -0.4 is 20.3 Å². The van der Waals surface area contributed by atoms with Gasteiger partial charge in [0.05, 0.1) is 17.7 Å². The van der Waals surface area contributed by atoms with Gasteiger partial charge in [0, 0.05) is 24.6 Å². The maximum absolute atomic E-state index is 12.4. The molecule has 0 radical (unpaired) electrons. The van der Waals surface area contributed by atoms with Crippen molar-refractivity contribution in [3.05, 3.63) is 40.6 Å². The van der Waals surface area contributed by atoms with Gasteiger partial charge in [-0.3, -0.25) is 15.0 Å². The van der Waals surface area contributed by atoms with Crippen molar-refractivity contribution in [1.29, 1.82) is 0 Å². The molecule has 0 unspecified atom stereocenters. The van der Waals surface area contributed by atoms with Gasteiger partial charge in [-0.2, -0.15) is 0 Å². The molecule has 3 N–H and O–H groups in total. The van der Waals surface area contributed by atoms with E-state index in [0.717, 1.165) is 0 Å². The average molecular weight is 445 g/mol. The predicted molar refractivity (Wildman–Crippen MR) is 98.2 cm³/mol. The number of carbonyl (C=O) groups is 2. The average Bonchev–Trinajstić information content (AvgIpc) is 2.90. The van der Waals surface area contributed by atoms with Gasteiger partial charge in [-0.1, -0.05) is 0 Å². The summed E-state index contributed by atoms with van der Waals surface area (Å²) in [5, 5.41) is 2.49. The molecule has 0 aliphatic rings. The number of hydrogen-bond donors (Lipinski definition) is 3. The zero-order valence-corrected chi connectivity index (χ0v) is 16.6. The molecule has 1 aromatic heterocycles. The Bertz CT molecular complexity index is 955. The Balaban J connectivity index is 2.20. The second-order valence-corrected chi connectivity index (χ2v) is 7.86. The highest BCUT2D eigenvalue weighted by atomic mass is 79.9. The van der Waals surface area contributed by atoms with E-state index < -0.39 is 15.9 Å². The molecule has 1 heterocycles. The molecule has 0 atom stereocenters. The monoisotopic (exact) mass is 444 g/mol. The number of methoxy groups -OCH3 is 1. The lowest BCUT2D eigenvalue weighted by Gasteiger charge is -2.12. The first-order valence-electron chi connectivity index (χ1n) is 7.23. The predicted octanol–water partition coefficient (Wildman–Crippen LogP) is 1.38. The molecule has 0 spiro atoms. The number of halogens is 1. The van der Waals surface area contributed by atoms with Gasteiger partial charge in [-0.15, -0.1) is 4.83 Å². The van der Waals surface area contributed by atoms with Crippen LogP contribution >= 0.6 is 15.9 Å². The van der Waals surface area contributed by atoms with E-state index in [1.165, 1.54) is 36.8 Å². The number of nitrogens with one attached hydrogen (secondary N) is 3. The van der Waals surface area contributed by atoms with Crippen LogP contribution in [0.15, 0.2) is 39.8 Å². The van der Waals surface area contributed by atoms with Crippen LogP contribution in [0.2, 0.25) is 0 Å². The summed E-state index contributed by atoms with van der Waals surface area (Å²) in [7, 11) is -1.02. The number of amides is 2. The highest BCUT2D eigenvalue weighted by molar-refractivity contribution is 9.10. The minimum Gasteiger partial charge on any atom is -0.495 e. The van der Waals surface area contributed by atoms with Crippen LogP contribution in [0.3, 0.4) is 0 Å². The summed E-state index contributed by atoms with van der Waals surface area (Å²) in [5.41, 5.74) is 2.60. The Kier molecular flexibility index (Phi) is 6.05. The van der Waals surface area contributed by atoms with E-state index in [1.54, 1.807) is 19.3 Å². The Labute approximate surface area is 158 Å². The van der Waals surface area contributed by atoms with Gasteiger partial charge < -0.3 is 14.6 Å². The van der Waals surface area contributed by atoms with Crippen LogP contribution in [0.1, 0.15) is 17.4 Å². The summed E-state index contributed by atoms with van der Waals surface area (Å²) < 4.78 is 32.1. The Morgan fingerprint density at radius 3 is 2.46 bits per heavy atom. The van der Waals surface area contributed by atoms with Gasteiger partial charge in [0.25, 0.3) is 15.9 Å². The molecular formula is C15H17BrN4O5S. The highest BCUT2D eigenvalue weighted by Crippen LogP contribution is 2.27. The Morgan fingerprint density at radius 1 is 1.23 bits per heavy atom. The van der Waals surface area contributed by atoms with E-state index in [4.69, 9.17) is 4.74 Å². The Morgan fingerprint density at radius 2 is 1.92 bits per heavy atom. The van der Waals surface area contributed by atoms with Crippen molar-refractivity contribution >= 4 is 43.5 Å². The van der Waals surface area contributed by atoms with Crippen LogP contribution in [0.5, 0.6) is 5.75 Å². The fourth-order valence-electron chi connectivity index (χ4n) is 2.13. The van der Waals surface area contributed by atoms with Gasteiger partial charge in [-0.05, 0) is 40.2 Å². The molecule has 140 valence electrons. The fourth-order valence-corrected chi connectivity index (χ4v) is 3.52. The molecule has 1 aromatic carbocycles. The topological polar surface area (TPSA) is 119 Å². The molecule has 0 aliphatic heterocycles. The summed E-state index contributed by atoms with van der Waals surface area (Å²) in [6.07, 6.45) is 1.66. The zero-order valence-electron chi connectivity index (χ0n) is 14.2. The van der Waals surface area contributed by atoms with Crippen molar-refractivity contribution in [2.45, 2.75) is 11.8 Å². The van der Waals surface area contributed by atoms with Crippen molar-refractivity contribution in [3.8, 4) is 5.75 Å². The summed E-state index contributed by atoms with van der Waals surface area (Å²) in [5.74, 6) is -0.706. The molecule has 0 saturated carbocycles. The second kappa shape index (κ2) is 7.89. The number of benzene rings is 1. The molecule has 2 rings (SSSR count). The normalized spacial score (nSPS) is 11.1. The fraction of sp³-hybridized carbons (Fsp3) is 0.200. The van der Waals surface area contributed by atoms with Crippen LogP contribution in [-0.4, -0.2) is 31.9 Å². The molecular weight excluding hydrogens is 428 g/mol. The van der Waals surface area contributed by atoms with Gasteiger partial charge in [0.1, 0.15) is 11.4 Å². The molecule has 9 nitrogen and oxygen atoms in total. The quantitative estimate of drug-likeness (QED) is 0.581. The third-order valence-corrected chi connectivity index (χ3v) is 4.97. The van der Waals surface area contributed by atoms with Gasteiger partial charge in [0.2, 0.25) is 5.91 Å². The third kappa shape index (κ3) is 4.62. The SMILES string of the molecule is COc1ccc(S(=O)(=O)NNC(=O)c2cc(Br)cn2C)cc1NC(C)=O. The number of anilines is 1. The number of hydrogen-bond acceptors (Lipinski definition) is 5. The standard InChI is InChI=1S/C15H17BrN4O5S/c1-9(21)17-12-7-11(4-5-14(12)25-3)26(23,24)19-18-15(22)13-6-10(16)8-20(13)2/h4-8,19H,1-3H3,(H,17,21)(H,18,22). The van der Waals surface area contributed by atoms with Gasteiger partial charge >= 0.3 is 0 Å². The molecule has 0 bridgehead atoms. The van der Waals surface area contributed by atoms with Crippen molar-refractivity contribution < 1.29 is 22.7 Å². The molecule has 26 heavy (non-hydrogen) atoms. The third-order valence-electron chi connectivity index (χ3n) is 3.30. The van der Waals surface area contributed by atoms with Crippen molar-refractivity contribution in [2.24, 2.45) is 7.05 Å². The van der Waals surface area contributed by atoms with E-state index in [2.05, 4.69) is 26.7 Å². The van der Waals surface area contributed by atoms with Crippen LogP contribution in [0.25, 0.3) is 0 Å². The number of nitrogens with zero attached hydrogens (tertiary/aromatic N) is 1. The van der Waals surface area contributed by atoms with E-state index in [0.29, 0.717) is 10.2 Å². The summed E-state index contributed by atoms with van der Waals surface area (Å²) in [6, 6.07) is 5.47. The lowest BCUT2D eigenvalue weighted by atomic mass is 10.3. The number of carbonyl (C=O) groups excluding carboxylic acids is 2. The first kappa shape index (κ1) is 19.9. The first-order chi connectivity index (χ1) is 12.1. The molecule has 2 aromatic rings. The minimum absolute atomic E-state index is 0.157. The minimum atomic E-state index is -4.06. The lowest BCUT2D eigenvalue weighted by molar-refractivity contribution is -0.114. The highest BCUT2D eigenvalue weighted by Gasteiger charge is 2.19. The van der Waals surface area contributed by atoms with E-state index >= 15 is 0 Å². The van der Waals surface area contributed by atoms with E-state index in [-0.39, 0.29) is 22.2 Å². The molecule has 0 aliphatic carbocycles. The maximum Gasteiger partial charge on any atom is 0.282 e. The summed E-state index contributed by atoms with van der Waals surface area (Å²) in [6.45, 7) is 1.29. The molecule has 0 saturated heterocycles. The smallest absolute Gasteiger partial charge is 0.282 e. The summed E-state index contributed by atoms with van der Waals surface area (Å²) in [4.78, 5) is 25.2. The van der Waals surface area contributed by atoms with Crippen LogP contribution in [0.4, 0.5) is 5.69 Å². The van der Waals surface area contributed by atoms with Crippen molar-refractivity contribution in [1.82, 2.24) is 14.8 Å². The number of rotatable bonds is 6. The second-order valence-electron chi connectivity index (χ2n) is 5.26. The lowest BCUT2D eigenvalue weighted by Crippen LogP contribution is -2.42. The van der Waals surface area contributed by atoms with Crippen molar-refractivity contribution in [3.63, 3.8) is 0 Å². The van der Waals surface area contributed by atoms with Crippen molar-refractivity contribution in [2.75, 3.05) is 12.4 Å². The molecule has 2 amide bonds. The number of aromatic nitrogens is 1. The number of aryl methyl sites for hydroxylation is 1. The van der Waals surface area contributed by atoms with Gasteiger partial charge in [0.15, 0.2) is 0 Å². The number of sulfonamides is 1. The first-order valence-corrected chi connectivity index (χ1v) is 9.51. The summed E-state index contributed by atoms with van der Waals surface area (Å²) >= 11 is 3.23. The van der Waals surface area contributed by atoms with Gasteiger partial charge in [-0.25, -0.2) is 8.42 Å². The molecule has 11 heteroatoms. The Hall–Kier alpha value is -2.37. The molecule has 0 fully saturated rings. The van der Waals surface area contributed by atoms with Crippen LogP contribution in [-0.2, 0) is 21.9 Å². The number of hydrazine groups is 1. The zero-order chi connectivity index (χ0) is 19.5.